The van der Waals surface area contributed by atoms with E-state index in [2.05, 4.69) is 4.72 Å². The standard InChI is InChI=1S/C15H22N2O4S/c1-15(2,3)21-14(18)17-10-9-12(11-17)16-22(19,20)13-7-5-4-6-8-13/h4-8,12,16H,9-11H2,1-3H3. The van der Waals surface area contributed by atoms with Crippen LogP contribution in [-0.4, -0.2) is 44.1 Å². The van der Waals surface area contributed by atoms with Gasteiger partial charge < -0.3 is 9.64 Å². The zero-order valence-corrected chi connectivity index (χ0v) is 13.9. The van der Waals surface area contributed by atoms with Crippen LogP contribution < -0.4 is 4.72 Å². The molecule has 1 aromatic rings. The van der Waals surface area contributed by atoms with Crippen molar-refractivity contribution in [1.82, 2.24) is 9.62 Å². The first-order valence-electron chi connectivity index (χ1n) is 7.23. The highest BCUT2D eigenvalue weighted by Gasteiger charge is 2.32. The fourth-order valence-electron chi connectivity index (χ4n) is 2.24. The maximum atomic E-state index is 12.2. The number of nitrogens with one attached hydrogen (secondary N) is 1. The van der Waals surface area contributed by atoms with Gasteiger partial charge in [0.15, 0.2) is 0 Å². The van der Waals surface area contributed by atoms with Gasteiger partial charge in [0.05, 0.1) is 4.90 Å². The SMILES string of the molecule is CC(C)(C)OC(=O)N1CCC(NS(=O)(=O)c2ccccc2)C1. The third-order valence-corrected chi connectivity index (χ3v) is 4.75. The fraction of sp³-hybridized carbons (Fsp3) is 0.533. The van der Waals surface area contributed by atoms with Gasteiger partial charge in [-0.1, -0.05) is 18.2 Å². The van der Waals surface area contributed by atoms with Crippen LogP contribution in [0, 0.1) is 0 Å². The molecule has 1 amide bonds. The van der Waals surface area contributed by atoms with Crippen LogP contribution in [-0.2, 0) is 14.8 Å². The molecule has 1 atom stereocenters. The van der Waals surface area contributed by atoms with E-state index in [0.29, 0.717) is 19.5 Å². The highest BCUT2D eigenvalue weighted by atomic mass is 32.2. The van der Waals surface area contributed by atoms with Crippen LogP contribution in [0.25, 0.3) is 0 Å². The average Bonchev–Trinajstić information content (AvgIpc) is 2.86. The maximum Gasteiger partial charge on any atom is 0.410 e. The smallest absolute Gasteiger partial charge is 0.410 e. The van der Waals surface area contributed by atoms with Gasteiger partial charge in [0, 0.05) is 19.1 Å². The molecule has 1 aromatic carbocycles. The summed E-state index contributed by atoms with van der Waals surface area (Å²) in [5.41, 5.74) is -0.557. The molecule has 1 saturated heterocycles. The Morgan fingerprint density at radius 3 is 2.50 bits per heavy atom. The number of amides is 1. The molecular formula is C15H22N2O4S. The summed E-state index contributed by atoms with van der Waals surface area (Å²) >= 11 is 0. The number of benzene rings is 1. The van der Waals surface area contributed by atoms with Crippen LogP contribution in [0.15, 0.2) is 35.2 Å². The molecule has 1 heterocycles. The molecule has 0 bridgehead atoms. The first-order valence-corrected chi connectivity index (χ1v) is 8.71. The number of rotatable bonds is 3. The first-order chi connectivity index (χ1) is 10.2. The molecule has 6 nitrogen and oxygen atoms in total. The molecule has 0 spiro atoms. The molecule has 0 radical (unpaired) electrons. The summed E-state index contributed by atoms with van der Waals surface area (Å²) in [5.74, 6) is 0. The minimum Gasteiger partial charge on any atom is -0.444 e. The third kappa shape index (κ3) is 4.45. The predicted molar refractivity (Wildman–Crippen MR) is 83.0 cm³/mol. The second-order valence-corrected chi connectivity index (χ2v) is 8.06. The van der Waals surface area contributed by atoms with Gasteiger partial charge in [-0.3, -0.25) is 0 Å². The van der Waals surface area contributed by atoms with Crippen LogP contribution in [0.4, 0.5) is 4.79 Å². The van der Waals surface area contributed by atoms with Crippen molar-refractivity contribution < 1.29 is 17.9 Å². The Morgan fingerprint density at radius 1 is 1.27 bits per heavy atom. The third-order valence-electron chi connectivity index (χ3n) is 3.22. The zero-order valence-electron chi connectivity index (χ0n) is 13.1. The summed E-state index contributed by atoms with van der Waals surface area (Å²) in [5, 5.41) is 0. The van der Waals surface area contributed by atoms with Crippen molar-refractivity contribution in [2.75, 3.05) is 13.1 Å². The second-order valence-electron chi connectivity index (χ2n) is 6.35. The van der Waals surface area contributed by atoms with Crippen molar-refractivity contribution >= 4 is 16.1 Å². The van der Waals surface area contributed by atoms with E-state index in [1.165, 1.54) is 4.90 Å². The molecule has 0 saturated carbocycles. The second kappa shape index (κ2) is 6.26. The van der Waals surface area contributed by atoms with Gasteiger partial charge in [-0.05, 0) is 39.3 Å². The Balaban J connectivity index is 1.95. The molecule has 1 aliphatic rings. The summed E-state index contributed by atoms with van der Waals surface area (Å²) in [6.45, 7) is 6.21. The normalized spacial score (nSPS) is 19.2. The number of carbonyl (C=O) groups excluding carboxylic acids is 1. The number of likely N-dealkylation sites (tertiary alicyclic amines) is 1. The van der Waals surface area contributed by atoms with Gasteiger partial charge in [-0.15, -0.1) is 0 Å². The lowest BCUT2D eigenvalue weighted by atomic mass is 10.2. The quantitative estimate of drug-likeness (QED) is 0.921. The van der Waals surface area contributed by atoms with Crippen LogP contribution in [0.1, 0.15) is 27.2 Å². The molecule has 22 heavy (non-hydrogen) atoms. The van der Waals surface area contributed by atoms with E-state index >= 15 is 0 Å². The van der Waals surface area contributed by atoms with E-state index in [-0.39, 0.29) is 10.9 Å². The highest BCUT2D eigenvalue weighted by molar-refractivity contribution is 7.89. The fourth-order valence-corrected chi connectivity index (χ4v) is 3.52. The van der Waals surface area contributed by atoms with Crippen molar-refractivity contribution in [2.45, 2.75) is 43.7 Å². The minimum absolute atomic E-state index is 0.228. The first kappa shape index (κ1) is 16.8. The van der Waals surface area contributed by atoms with Crippen molar-refractivity contribution in [3.05, 3.63) is 30.3 Å². The number of nitrogens with zero attached hydrogens (tertiary/aromatic N) is 1. The molecule has 0 aliphatic carbocycles. The number of hydrogen-bond acceptors (Lipinski definition) is 4. The van der Waals surface area contributed by atoms with Crippen molar-refractivity contribution in [2.24, 2.45) is 0 Å². The van der Waals surface area contributed by atoms with Crippen LogP contribution in [0.2, 0.25) is 0 Å². The molecule has 1 N–H and O–H groups in total. The lowest BCUT2D eigenvalue weighted by molar-refractivity contribution is 0.0292. The van der Waals surface area contributed by atoms with Crippen molar-refractivity contribution in [3.63, 3.8) is 0 Å². The van der Waals surface area contributed by atoms with Gasteiger partial charge in [-0.2, -0.15) is 0 Å². The van der Waals surface area contributed by atoms with E-state index in [1.54, 1.807) is 51.1 Å². The summed E-state index contributed by atoms with van der Waals surface area (Å²) in [6.07, 6.45) is 0.166. The summed E-state index contributed by atoms with van der Waals surface area (Å²) in [7, 11) is -3.56. The minimum atomic E-state index is -3.56. The largest absolute Gasteiger partial charge is 0.444 e. The summed E-state index contributed by atoms with van der Waals surface area (Å²) < 4.78 is 32.4. The van der Waals surface area contributed by atoms with Crippen molar-refractivity contribution in [1.29, 1.82) is 0 Å². The van der Waals surface area contributed by atoms with E-state index in [9.17, 15) is 13.2 Å². The lowest BCUT2D eigenvalue weighted by Crippen LogP contribution is -2.40. The number of ether oxygens (including phenoxy) is 1. The average molecular weight is 326 g/mol. The molecule has 0 aromatic heterocycles. The van der Waals surface area contributed by atoms with Gasteiger partial charge in [-0.25, -0.2) is 17.9 Å². The molecule has 122 valence electrons. The Hall–Kier alpha value is -1.60. The van der Waals surface area contributed by atoms with Gasteiger partial charge in [0.25, 0.3) is 0 Å². The predicted octanol–water partition coefficient (Wildman–Crippen LogP) is 1.97. The monoisotopic (exact) mass is 326 g/mol. The maximum absolute atomic E-state index is 12.2. The van der Waals surface area contributed by atoms with Crippen LogP contribution in [0.5, 0.6) is 0 Å². The van der Waals surface area contributed by atoms with E-state index < -0.39 is 21.7 Å². The van der Waals surface area contributed by atoms with Crippen LogP contribution >= 0.6 is 0 Å². The lowest BCUT2D eigenvalue weighted by Gasteiger charge is -2.24. The number of carbonyl (C=O) groups is 1. The van der Waals surface area contributed by atoms with E-state index in [0.717, 1.165) is 0 Å². The molecular weight excluding hydrogens is 304 g/mol. The van der Waals surface area contributed by atoms with Gasteiger partial charge in [0.1, 0.15) is 5.60 Å². The zero-order chi connectivity index (χ0) is 16.4. The van der Waals surface area contributed by atoms with Gasteiger partial charge in [0.2, 0.25) is 10.0 Å². The molecule has 7 heteroatoms. The van der Waals surface area contributed by atoms with Crippen LogP contribution in [0.3, 0.4) is 0 Å². The van der Waals surface area contributed by atoms with E-state index in [1.807, 2.05) is 0 Å². The Kier molecular flexibility index (Phi) is 4.77. The molecule has 1 aliphatic heterocycles. The highest BCUT2D eigenvalue weighted by Crippen LogP contribution is 2.17. The Morgan fingerprint density at radius 2 is 1.91 bits per heavy atom. The number of hydrogen-bond donors (Lipinski definition) is 1. The summed E-state index contributed by atoms with van der Waals surface area (Å²) in [6, 6.07) is 7.91. The molecule has 1 fully saturated rings. The van der Waals surface area contributed by atoms with Crippen molar-refractivity contribution in [3.8, 4) is 0 Å². The van der Waals surface area contributed by atoms with E-state index in [4.69, 9.17) is 4.74 Å². The molecule has 1 unspecified atom stereocenters. The number of sulfonamides is 1. The van der Waals surface area contributed by atoms with Gasteiger partial charge >= 0.3 is 6.09 Å². The topological polar surface area (TPSA) is 75.7 Å². The Labute approximate surface area is 131 Å². The molecule has 2 rings (SSSR count). The summed E-state index contributed by atoms with van der Waals surface area (Å²) in [4.78, 5) is 13.7. The Bertz CT molecular complexity index is 623.